The number of piperazine rings is 1. The van der Waals surface area contributed by atoms with Gasteiger partial charge in [0.25, 0.3) is 0 Å². The van der Waals surface area contributed by atoms with Crippen molar-refractivity contribution in [3.05, 3.63) is 71.8 Å². The molecule has 1 fully saturated rings. The second kappa shape index (κ2) is 17.9. The first kappa shape index (κ1) is 34.4. The van der Waals surface area contributed by atoms with Crippen LogP contribution >= 0.6 is 0 Å². The lowest BCUT2D eigenvalue weighted by molar-refractivity contribution is 0.427. The molecule has 2 aromatic carbocycles. The Hall–Kier alpha value is -4.90. The van der Waals surface area contributed by atoms with Gasteiger partial charge in [-0.05, 0) is 24.0 Å². The Kier molecular flexibility index (Phi) is 12.8. The first-order valence-corrected chi connectivity index (χ1v) is 16.5. The van der Waals surface area contributed by atoms with Crippen LogP contribution < -0.4 is 54.0 Å². The summed E-state index contributed by atoms with van der Waals surface area (Å²) in [6, 6.07) is 20.7. The minimum absolute atomic E-state index is 0.0517. The van der Waals surface area contributed by atoms with Crippen molar-refractivity contribution in [2.45, 2.75) is 24.9 Å². The largest absolute Gasteiger partial charge is 0.353 e. The van der Waals surface area contributed by atoms with Crippen LogP contribution in [0, 0.1) is 0 Å². The standard InChI is InChI=1S/C32H48N16/c33-11-15-37-27-41-28(38-16-12-34)44-31(43-27)47-22-26(20-24-9-5-2-6-10-24)48(21-25(47)19-23-7-3-1-4-8-23)32-45-29(39-17-13-35)42-30(46-32)40-18-14-36/h1-10,25-26H,11-22,33-36H2,(H2,37,38,41,43,44)(H2,39,40,42,45,46). The average molecular weight is 657 g/mol. The summed E-state index contributed by atoms with van der Waals surface area (Å²) in [6.45, 7) is 5.05. The van der Waals surface area contributed by atoms with E-state index in [0.717, 1.165) is 12.8 Å². The summed E-state index contributed by atoms with van der Waals surface area (Å²) in [4.78, 5) is 33.3. The number of hydrogen-bond donors (Lipinski definition) is 8. The molecule has 0 saturated carbocycles. The summed E-state index contributed by atoms with van der Waals surface area (Å²) in [5.74, 6) is 2.94. The molecule has 5 rings (SSSR count). The molecule has 0 bridgehead atoms. The second-order valence-electron chi connectivity index (χ2n) is 11.4. The van der Waals surface area contributed by atoms with E-state index in [9.17, 15) is 0 Å². The molecule has 2 atom stereocenters. The van der Waals surface area contributed by atoms with Gasteiger partial charge < -0.3 is 54.0 Å². The molecular weight excluding hydrogens is 608 g/mol. The van der Waals surface area contributed by atoms with Crippen molar-refractivity contribution in [2.24, 2.45) is 22.9 Å². The smallest absolute Gasteiger partial charge is 0.232 e. The first-order valence-electron chi connectivity index (χ1n) is 16.5. The summed E-state index contributed by atoms with van der Waals surface area (Å²) in [6.07, 6.45) is 1.47. The van der Waals surface area contributed by atoms with Crippen LogP contribution in [0.15, 0.2) is 60.7 Å². The van der Waals surface area contributed by atoms with Crippen molar-refractivity contribution in [3.8, 4) is 0 Å². The van der Waals surface area contributed by atoms with Gasteiger partial charge in [-0.15, -0.1) is 0 Å². The van der Waals surface area contributed by atoms with Crippen molar-refractivity contribution in [1.82, 2.24) is 29.9 Å². The van der Waals surface area contributed by atoms with Gasteiger partial charge in [-0.25, -0.2) is 0 Å². The van der Waals surface area contributed by atoms with Crippen molar-refractivity contribution in [2.75, 3.05) is 96.5 Å². The Morgan fingerprint density at radius 2 is 0.792 bits per heavy atom. The van der Waals surface area contributed by atoms with Gasteiger partial charge in [-0.2, -0.15) is 29.9 Å². The molecular formula is C32H48N16. The number of rotatable bonds is 18. The fourth-order valence-electron chi connectivity index (χ4n) is 5.60. The van der Waals surface area contributed by atoms with Crippen LogP contribution in [-0.2, 0) is 12.8 Å². The van der Waals surface area contributed by atoms with E-state index in [2.05, 4.69) is 89.6 Å². The normalized spacial score (nSPS) is 16.1. The topological polar surface area (TPSA) is 236 Å². The van der Waals surface area contributed by atoms with Crippen LogP contribution in [0.5, 0.6) is 0 Å². The number of anilines is 6. The Morgan fingerprint density at radius 3 is 1.08 bits per heavy atom. The maximum atomic E-state index is 5.80. The molecule has 48 heavy (non-hydrogen) atoms. The molecule has 4 aromatic rings. The fourth-order valence-corrected chi connectivity index (χ4v) is 5.60. The first-order chi connectivity index (χ1) is 23.6. The van der Waals surface area contributed by atoms with Crippen molar-refractivity contribution in [1.29, 1.82) is 0 Å². The molecule has 2 unspecified atom stereocenters. The molecule has 0 aliphatic carbocycles. The molecule has 256 valence electrons. The molecule has 3 heterocycles. The zero-order valence-corrected chi connectivity index (χ0v) is 27.3. The van der Waals surface area contributed by atoms with E-state index in [1.54, 1.807) is 0 Å². The highest BCUT2D eigenvalue weighted by molar-refractivity contribution is 5.51. The monoisotopic (exact) mass is 656 g/mol. The molecule has 0 amide bonds. The van der Waals surface area contributed by atoms with E-state index in [0.29, 0.717) is 101 Å². The quantitative estimate of drug-likeness (QED) is 0.0708. The third-order valence-electron chi connectivity index (χ3n) is 7.80. The van der Waals surface area contributed by atoms with Gasteiger partial charge in [0.2, 0.25) is 35.7 Å². The molecule has 1 aliphatic rings. The third kappa shape index (κ3) is 9.57. The molecule has 2 aromatic heterocycles. The van der Waals surface area contributed by atoms with Gasteiger partial charge in [-0.1, -0.05) is 60.7 Å². The molecule has 1 saturated heterocycles. The highest BCUT2D eigenvalue weighted by Gasteiger charge is 2.37. The minimum Gasteiger partial charge on any atom is -0.353 e. The average Bonchev–Trinajstić information content (AvgIpc) is 3.12. The third-order valence-corrected chi connectivity index (χ3v) is 7.80. The maximum absolute atomic E-state index is 5.80. The van der Waals surface area contributed by atoms with E-state index >= 15 is 0 Å². The number of nitrogens with zero attached hydrogens (tertiary/aromatic N) is 8. The summed E-state index contributed by atoms with van der Waals surface area (Å²) < 4.78 is 0. The van der Waals surface area contributed by atoms with Gasteiger partial charge in [0.1, 0.15) is 0 Å². The van der Waals surface area contributed by atoms with Gasteiger partial charge in [-0.3, -0.25) is 0 Å². The molecule has 16 heteroatoms. The lowest BCUT2D eigenvalue weighted by Crippen LogP contribution is -2.61. The van der Waals surface area contributed by atoms with Crippen molar-refractivity contribution < 1.29 is 0 Å². The van der Waals surface area contributed by atoms with Gasteiger partial charge in [0.15, 0.2) is 0 Å². The van der Waals surface area contributed by atoms with Crippen molar-refractivity contribution >= 4 is 35.7 Å². The second-order valence-corrected chi connectivity index (χ2v) is 11.4. The Morgan fingerprint density at radius 1 is 0.479 bits per heavy atom. The van der Waals surface area contributed by atoms with Gasteiger partial charge >= 0.3 is 0 Å². The number of hydrogen-bond acceptors (Lipinski definition) is 16. The Bertz CT molecular complexity index is 1360. The van der Waals surface area contributed by atoms with Crippen molar-refractivity contribution in [3.63, 3.8) is 0 Å². The predicted molar refractivity (Wildman–Crippen MR) is 192 cm³/mol. The van der Waals surface area contributed by atoms with Crippen LogP contribution in [-0.4, -0.2) is 107 Å². The van der Waals surface area contributed by atoms with Crippen LogP contribution in [0.1, 0.15) is 11.1 Å². The van der Waals surface area contributed by atoms with Gasteiger partial charge in [0.05, 0.1) is 12.1 Å². The molecule has 0 radical (unpaired) electrons. The van der Waals surface area contributed by atoms with Crippen LogP contribution in [0.3, 0.4) is 0 Å². The molecule has 12 N–H and O–H groups in total. The highest BCUT2D eigenvalue weighted by Crippen LogP contribution is 2.29. The fraction of sp³-hybridized carbons (Fsp3) is 0.438. The van der Waals surface area contributed by atoms with E-state index in [4.69, 9.17) is 42.9 Å². The van der Waals surface area contributed by atoms with E-state index < -0.39 is 0 Å². The molecule has 16 nitrogen and oxygen atoms in total. The van der Waals surface area contributed by atoms with E-state index in [1.165, 1.54) is 11.1 Å². The summed E-state index contributed by atoms with van der Waals surface area (Å²) >= 11 is 0. The summed E-state index contributed by atoms with van der Waals surface area (Å²) in [5.41, 5.74) is 25.6. The predicted octanol–water partition coefficient (Wildman–Crippen LogP) is 0.0882. The lowest BCUT2D eigenvalue weighted by Gasteiger charge is -2.46. The van der Waals surface area contributed by atoms with E-state index in [-0.39, 0.29) is 12.1 Å². The Balaban J connectivity index is 1.59. The Labute approximate surface area is 281 Å². The number of benzene rings is 2. The number of nitrogens with two attached hydrogens (primary N) is 4. The lowest BCUT2D eigenvalue weighted by atomic mass is 9.96. The molecule has 0 spiro atoms. The van der Waals surface area contributed by atoms with Gasteiger partial charge in [0, 0.05) is 65.4 Å². The van der Waals surface area contributed by atoms with Crippen LogP contribution in [0.25, 0.3) is 0 Å². The molecule has 1 aliphatic heterocycles. The summed E-state index contributed by atoms with van der Waals surface area (Å²) in [5, 5.41) is 12.9. The van der Waals surface area contributed by atoms with E-state index in [1.807, 2.05) is 12.1 Å². The highest BCUT2D eigenvalue weighted by atomic mass is 15.4. The SMILES string of the molecule is NCCNc1nc(NCCN)nc(N2CC(Cc3ccccc3)N(c3nc(NCCN)nc(NCCN)n3)CC2Cc2ccccc2)n1. The minimum atomic E-state index is -0.0517. The van der Waals surface area contributed by atoms with Crippen LogP contribution in [0.4, 0.5) is 35.7 Å². The maximum Gasteiger partial charge on any atom is 0.232 e. The zero-order chi connectivity index (χ0) is 33.6. The summed E-state index contributed by atoms with van der Waals surface area (Å²) in [7, 11) is 0. The number of nitrogens with one attached hydrogen (secondary N) is 4. The van der Waals surface area contributed by atoms with Crippen LogP contribution in [0.2, 0.25) is 0 Å². The zero-order valence-electron chi connectivity index (χ0n) is 27.3. The number of aromatic nitrogens is 6.